The van der Waals surface area contributed by atoms with E-state index in [9.17, 15) is 14.4 Å². The molecule has 0 aromatic carbocycles. The van der Waals surface area contributed by atoms with E-state index in [-0.39, 0.29) is 37.5 Å². The van der Waals surface area contributed by atoms with Crippen molar-refractivity contribution in [1.82, 2.24) is 0 Å². The molecular weight excluding hydrogens is 949 g/mol. The normalized spacial score (nSPS) is 12.4. The molecule has 0 bridgehead atoms. The van der Waals surface area contributed by atoms with Gasteiger partial charge in [-0.2, -0.15) is 0 Å². The van der Waals surface area contributed by atoms with Crippen LogP contribution in [0.1, 0.15) is 355 Å². The minimum absolute atomic E-state index is 0.0947. The largest absolute Gasteiger partial charge is 0.462 e. The average molecular weight is 1080 g/mol. The maximum Gasteiger partial charge on any atom is 0.306 e. The van der Waals surface area contributed by atoms with Crippen molar-refractivity contribution >= 4 is 17.9 Å². The Bertz CT molecular complexity index is 1380. The van der Waals surface area contributed by atoms with Gasteiger partial charge in [0.1, 0.15) is 13.2 Å². The van der Waals surface area contributed by atoms with Crippen molar-refractivity contribution in [2.24, 2.45) is 0 Å². The molecule has 0 aliphatic carbocycles. The van der Waals surface area contributed by atoms with Gasteiger partial charge in [0, 0.05) is 19.3 Å². The van der Waals surface area contributed by atoms with Gasteiger partial charge in [-0.05, 0) is 70.6 Å². The zero-order valence-corrected chi connectivity index (χ0v) is 51.5. The van der Waals surface area contributed by atoms with Crippen LogP contribution in [0.15, 0.2) is 60.8 Å². The van der Waals surface area contributed by atoms with Crippen molar-refractivity contribution in [3.8, 4) is 0 Å². The number of hydrogen-bond acceptors (Lipinski definition) is 6. The molecule has 6 nitrogen and oxygen atoms in total. The van der Waals surface area contributed by atoms with Crippen LogP contribution in [0.3, 0.4) is 0 Å². The van der Waals surface area contributed by atoms with Gasteiger partial charge in [-0.1, -0.05) is 326 Å². The minimum atomic E-state index is -0.804. The lowest BCUT2D eigenvalue weighted by Gasteiger charge is -2.18. The van der Waals surface area contributed by atoms with Gasteiger partial charge in [0.15, 0.2) is 6.10 Å². The monoisotopic (exact) mass is 1080 g/mol. The van der Waals surface area contributed by atoms with Crippen molar-refractivity contribution in [1.29, 1.82) is 0 Å². The minimum Gasteiger partial charge on any atom is -0.462 e. The molecule has 1 unspecified atom stereocenters. The van der Waals surface area contributed by atoms with Gasteiger partial charge in [0.05, 0.1) is 0 Å². The Labute approximate surface area is 479 Å². The van der Waals surface area contributed by atoms with Crippen LogP contribution in [-0.2, 0) is 28.6 Å². The third kappa shape index (κ3) is 63.8. The van der Waals surface area contributed by atoms with E-state index >= 15 is 0 Å². The predicted octanol–water partition coefficient (Wildman–Crippen LogP) is 23.1. The molecular formula is C71H128O6. The fourth-order valence-electron chi connectivity index (χ4n) is 9.99. The molecule has 0 amide bonds. The van der Waals surface area contributed by atoms with Gasteiger partial charge < -0.3 is 14.2 Å². The summed E-state index contributed by atoms with van der Waals surface area (Å²) in [5.41, 5.74) is 0. The van der Waals surface area contributed by atoms with Crippen molar-refractivity contribution in [3.05, 3.63) is 60.8 Å². The van der Waals surface area contributed by atoms with Gasteiger partial charge in [-0.15, -0.1) is 0 Å². The van der Waals surface area contributed by atoms with Crippen molar-refractivity contribution in [2.75, 3.05) is 13.2 Å². The van der Waals surface area contributed by atoms with Crippen LogP contribution in [0.4, 0.5) is 0 Å². The van der Waals surface area contributed by atoms with Gasteiger partial charge >= 0.3 is 17.9 Å². The zero-order valence-electron chi connectivity index (χ0n) is 51.5. The number of allylic oxidation sites excluding steroid dienone is 10. The highest BCUT2D eigenvalue weighted by Gasteiger charge is 2.19. The van der Waals surface area contributed by atoms with Crippen LogP contribution >= 0.6 is 0 Å². The first kappa shape index (κ1) is 74.1. The van der Waals surface area contributed by atoms with E-state index in [0.29, 0.717) is 19.3 Å². The first-order valence-electron chi connectivity index (χ1n) is 33.8. The summed E-state index contributed by atoms with van der Waals surface area (Å²) in [7, 11) is 0. The molecule has 0 rings (SSSR count). The fourth-order valence-corrected chi connectivity index (χ4v) is 9.99. The van der Waals surface area contributed by atoms with Crippen LogP contribution in [-0.4, -0.2) is 37.2 Å². The first-order chi connectivity index (χ1) is 38.0. The molecule has 0 fully saturated rings. The van der Waals surface area contributed by atoms with Gasteiger partial charge in [-0.25, -0.2) is 0 Å². The Hall–Kier alpha value is -2.89. The van der Waals surface area contributed by atoms with E-state index in [1.165, 1.54) is 244 Å². The van der Waals surface area contributed by atoms with Crippen molar-refractivity contribution in [3.63, 3.8) is 0 Å². The summed E-state index contributed by atoms with van der Waals surface area (Å²) in [6.07, 6.45) is 84.2. The molecule has 0 heterocycles. The topological polar surface area (TPSA) is 78.9 Å². The highest BCUT2D eigenvalue weighted by atomic mass is 16.6. The number of ether oxygens (including phenoxy) is 3. The highest BCUT2D eigenvalue weighted by Crippen LogP contribution is 2.18. The van der Waals surface area contributed by atoms with Gasteiger partial charge in [-0.3, -0.25) is 14.4 Å². The van der Waals surface area contributed by atoms with E-state index in [1.54, 1.807) is 0 Å². The number of unbranched alkanes of at least 4 members (excludes halogenated alkanes) is 41. The standard InChI is InChI=1S/C71H128O6/c1-4-7-10-13-16-19-22-25-27-29-30-31-32-33-34-35-36-37-38-39-40-42-43-46-49-52-55-58-61-64-70(73)76-67-68(66-75-69(72)63-60-57-54-51-48-45-24-21-18-15-12-9-6-3)77-71(74)65-62-59-56-53-50-47-44-41-28-26-23-20-17-14-11-8-5-2/h9,12,18,21,26,28,45,48,54,57,68H,4-8,10-11,13-17,19-20,22-25,27,29-44,46-47,49-53,55-56,58-67H2,1-3H3/b12-9-,21-18-,28-26-,48-45-,57-54-. The lowest BCUT2D eigenvalue weighted by Crippen LogP contribution is -2.30. The molecule has 0 aliphatic rings. The second-order valence-corrected chi connectivity index (χ2v) is 22.7. The molecule has 77 heavy (non-hydrogen) atoms. The molecule has 448 valence electrons. The number of carbonyl (C=O) groups is 3. The van der Waals surface area contributed by atoms with Crippen LogP contribution in [0.5, 0.6) is 0 Å². The Morgan fingerprint density at radius 1 is 0.273 bits per heavy atom. The summed E-state index contributed by atoms with van der Waals surface area (Å²) in [5, 5.41) is 0. The van der Waals surface area contributed by atoms with E-state index < -0.39 is 6.10 Å². The number of carbonyl (C=O) groups excluding carboxylic acids is 3. The third-order valence-electron chi connectivity index (χ3n) is 15.0. The van der Waals surface area contributed by atoms with E-state index in [0.717, 1.165) is 64.2 Å². The van der Waals surface area contributed by atoms with E-state index in [4.69, 9.17) is 14.2 Å². The second kappa shape index (κ2) is 65.6. The van der Waals surface area contributed by atoms with Crippen molar-refractivity contribution < 1.29 is 28.6 Å². The molecule has 0 saturated heterocycles. The number of hydrogen-bond donors (Lipinski definition) is 0. The summed E-state index contributed by atoms with van der Waals surface area (Å²) >= 11 is 0. The van der Waals surface area contributed by atoms with Gasteiger partial charge in [0.25, 0.3) is 0 Å². The smallest absolute Gasteiger partial charge is 0.306 e. The maximum atomic E-state index is 12.9. The molecule has 0 aliphatic heterocycles. The molecule has 0 radical (unpaired) electrons. The van der Waals surface area contributed by atoms with Crippen molar-refractivity contribution in [2.45, 2.75) is 361 Å². The van der Waals surface area contributed by atoms with Crippen LogP contribution in [0.2, 0.25) is 0 Å². The Kier molecular flexibility index (Phi) is 63.2. The molecule has 0 saturated carbocycles. The molecule has 0 aromatic rings. The lowest BCUT2D eigenvalue weighted by molar-refractivity contribution is -0.166. The van der Waals surface area contributed by atoms with Gasteiger partial charge in [0.2, 0.25) is 0 Å². The summed E-state index contributed by atoms with van der Waals surface area (Å²) < 4.78 is 16.9. The average Bonchev–Trinajstić information content (AvgIpc) is 3.43. The predicted molar refractivity (Wildman–Crippen MR) is 335 cm³/mol. The highest BCUT2D eigenvalue weighted by molar-refractivity contribution is 5.71. The third-order valence-corrected chi connectivity index (χ3v) is 15.0. The summed E-state index contributed by atoms with van der Waals surface area (Å²) in [4.78, 5) is 38.2. The summed E-state index contributed by atoms with van der Waals surface area (Å²) in [5.74, 6) is -0.966. The fraction of sp³-hybridized carbons (Fsp3) is 0.817. The Morgan fingerprint density at radius 3 is 0.870 bits per heavy atom. The van der Waals surface area contributed by atoms with Crippen LogP contribution in [0, 0.1) is 0 Å². The Morgan fingerprint density at radius 2 is 0.532 bits per heavy atom. The number of rotatable bonds is 62. The number of esters is 3. The molecule has 1 atom stereocenters. The first-order valence-corrected chi connectivity index (χ1v) is 33.8. The molecule has 0 spiro atoms. The SMILES string of the molecule is CC/C=C\C/C=C\C/C=C\C/C=C\CCC(=O)OCC(COC(=O)CCCCCCCCCCCCCCCCCCCCCCCCCCCCCCC)OC(=O)CCCCCCCCC/C=C\CCCCCCCC. The second-order valence-electron chi connectivity index (χ2n) is 22.7. The zero-order chi connectivity index (χ0) is 55.7. The summed E-state index contributed by atoms with van der Waals surface area (Å²) in [6.45, 7) is 6.51. The van der Waals surface area contributed by atoms with Crippen LogP contribution in [0.25, 0.3) is 0 Å². The lowest BCUT2D eigenvalue weighted by atomic mass is 10.0. The summed E-state index contributed by atoms with van der Waals surface area (Å²) in [6, 6.07) is 0. The Balaban J connectivity index is 4.21. The molecule has 6 heteroatoms. The van der Waals surface area contributed by atoms with E-state index in [1.807, 2.05) is 6.08 Å². The molecule has 0 aromatic heterocycles. The molecule has 0 N–H and O–H groups in total. The van der Waals surface area contributed by atoms with Crippen LogP contribution < -0.4 is 0 Å². The van der Waals surface area contributed by atoms with E-state index in [2.05, 4.69) is 75.5 Å². The quantitative estimate of drug-likeness (QED) is 0.0261. The maximum absolute atomic E-state index is 12.9.